The minimum Gasteiger partial charge on any atom is -0.478 e. The fourth-order valence-electron chi connectivity index (χ4n) is 3.52. The van der Waals surface area contributed by atoms with Crippen LogP contribution in [0.5, 0.6) is 5.88 Å². The van der Waals surface area contributed by atoms with E-state index in [-0.39, 0.29) is 11.7 Å². The molecule has 34 heavy (non-hydrogen) atoms. The number of hydrogen-bond donors (Lipinski definition) is 1. The van der Waals surface area contributed by atoms with Gasteiger partial charge in [0.1, 0.15) is 11.5 Å². The van der Waals surface area contributed by atoms with Crippen LogP contribution >= 0.6 is 0 Å². The van der Waals surface area contributed by atoms with Gasteiger partial charge in [-0.05, 0) is 49.4 Å². The zero-order valence-electron chi connectivity index (χ0n) is 18.4. The van der Waals surface area contributed by atoms with E-state index in [1.807, 2.05) is 26.2 Å². The topological polar surface area (TPSA) is 99.2 Å². The van der Waals surface area contributed by atoms with Crippen LogP contribution in [0.2, 0.25) is 0 Å². The van der Waals surface area contributed by atoms with Gasteiger partial charge in [-0.3, -0.25) is 9.48 Å². The summed E-state index contributed by atoms with van der Waals surface area (Å²) >= 11 is 0. The first kappa shape index (κ1) is 21.3. The van der Waals surface area contributed by atoms with Crippen molar-refractivity contribution in [2.24, 2.45) is 7.05 Å². The molecule has 1 aromatic carbocycles. The Balaban J connectivity index is 1.41. The molecule has 0 aliphatic carbocycles. The maximum Gasteiger partial charge on any atom is 0.258 e. The highest BCUT2D eigenvalue weighted by molar-refractivity contribution is 6.03. The molecule has 0 aliphatic heterocycles. The lowest BCUT2D eigenvalue weighted by Gasteiger charge is -2.03. The smallest absolute Gasteiger partial charge is 0.258 e. The normalized spacial score (nSPS) is 11.0. The lowest BCUT2D eigenvalue weighted by atomic mass is 10.1. The number of carbonyl (C=O) groups excluding carboxylic acids is 1. The Bertz CT molecular complexity index is 1470. The van der Waals surface area contributed by atoms with Gasteiger partial charge < -0.3 is 10.1 Å². The summed E-state index contributed by atoms with van der Waals surface area (Å²) in [6, 6.07) is 13.1. The third-order valence-corrected chi connectivity index (χ3v) is 5.07. The van der Waals surface area contributed by atoms with Crippen molar-refractivity contribution in [1.82, 2.24) is 29.4 Å². The molecular formula is C24H20FN7O2. The predicted molar refractivity (Wildman–Crippen MR) is 124 cm³/mol. The predicted octanol–water partition coefficient (Wildman–Crippen LogP) is 3.98. The number of halogens is 1. The summed E-state index contributed by atoms with van der Waals surface area (Å²) in [5.41, 5.74) is 3.86. The highest BCUT2D eigenvalue weighted by atomic mass is 19.1. The van der Waals surface area contributed by atoms with Crippen molar-refractivity contribution in [2.45, 2.75) is 6.92 Å². The Morgan fingerprint density at radius 1 is 1.06 bits per heavy atom. The minimum atomic E-state index is -0.343. The number of aromatic nitrogens is 6. The molecule has 5 rings (SSSR count). The van der Waals surface area contributed by atoms with Crippen LogP contribution in [0.15, 0.2) is 67.1 Å². The van der Waals surface area contributed by atoms with E-state index in [0.29, 0.717) is 40.9 Å². The molecule has 0 saturated heterocycles. The van der Waals surface area contributed by atoms with E-state index in [1.165, 1.54) is 18.3 Å². The van der Waals surface area contributed by atoms with Crippen LogP contribution in [-0.2, 0) is 7.05 Å². The Morgan fingerprint density at radius 3 is 2.62 bits per heavy atom. The van der Waals surface area contributed by atoms with Gasteiger partial charge >= 0.3 is 0 Å². The molecule has 1 N–H and O–H groups in total. The maximum absolute atomic E-state index is 13.4. The quantitative estimate of drug-likeness (QED) is 0.414. The number of rotatable bonds is 6. The fourth-order valence-corrected chi connectivity index (χ4v) is 3.52. The summed E-state index contributed by atoms with van der Waals surface area (Å²) in [5, 5.41) is 11.9. The van der Waals surface area contributed by atoms with E-state index in [4.69, 9.17) is 4.74 Å². The van der Waals surface area contributed by atoms with Gasteiger partial charge in [-0.15, -0.1) is 0 Å². The highest BCUT2D eigenvalue weighted by Crippen LogP contribution is 2.30. The lowest BCUT2D eigenvalue weighted by Crippen LogP contribution is -2.12. The number of nitrogens with zero attached hydrogens (tertiary/aromatic N) is 6. The van der Waals surface area contributed by atoms with Gasteiger partial charge in [0.15, 0.2) is 11.5 Å². The molecule has 0 atom stereocenters. The SMILES string of the molecule is CCOc1ccc(C(=O)Nc2cn3nc(-c4cn(C)nc4-c4ccc(F)cc4)ccc3n2)cn1. The zero-order chi connectivity index (χ0) is 23.7. The molecule has 0 saturated carbocycles. The Morgan fingerprint density at radius 2 is 1.88 bits per heavy atom. The second kappa shape index (κ2) is 8.74. The van der Waals surface area contributed by atoms with Crippen molar-refractivity contribution in [3.05, 3.63) is 78.5 Å². The number of imidazole rings is 1. The molecule has 9 nitrogen and oxygen atoms in total. The summed E-state index contributed by atoms with van der Waals surface area (Å²) in [6.07, 6.45) is 4.93. The highest BCUT2D eigenvalue weighted by Gasteiger charge is 2.16. The maximum atomic E-state index is 13.4. The number of hydrogen-bond acceptors (Lipinski definition) is 6. The summed E-state index contributed by atoms with van der Waals surface area (Å²) in [4.78, 5) is 21.1. The summed E-state index contributed by atoms with van der Waals surface area (Å²) in [6.45, 7) is 2.36. The molecule has 4 heterocycles. The van der Waals surface area contributed by atoms with E-state index in [0.717, 1.165) is 11.1 Å². The molecule has 5 aromatic rings. The molecule has 0 aliphatic rings. The van der Waals surface area contributed by atoms with Crippen LogP contribution in [0, 0.1) is 5.82 Å². The molecule has 0 bridgehead atoms. The number of amides is 1. The van der Waals surface area contributed by atoms with Gasteiger partial charge in [-0.2, -0.15) is 10.2 Å². The first-order valence-corrected chi connectivity index (χ1v) is 10.6. The molecule has 0 unspecified atom stereocenters. The van der Waals surface area contributed by atoms with E-state index >= 15 is 0 Å². The first-order chi connectivity index (χ1) is 16.5. The second-order valence-electron chi connectivity index (χ2n) is 7.49. The van der Waals surface area contributed by atoms with Gasteiger partial charge in [-0.1, -0.05) is 0 Å². The van der Waals surface area contributed by atoms with E-state index < -0.39 is 0 Å². The Labute approximate surface area is 193 Å². The number of fused-ring (bicyclic) bond motifs is 1. The zero-order valence-corrected chi connectivity index (χ0v) is 18.4. The van der Waals surface area contributed by atoms with Gasteiger partial charge in [0.05, 0.1) is 24.1 Å². The van der Waals surface area contributed by atoms with Crippen molar-refractivity contribution >= 4 is 17.4 Å². The molecular weight excluding hydrogens is 437 g/mol. The average Bonchev–Trinajstić information content (AvgIpc) is 3.42. The van der Waals surface area contributed by atoms with Crippen LogP contribution < -0.4 is 10.1 Å². The second-order valence-corrected chi connectivity index (χ2v) is 7.49. The molecule has 4 aromatic heterocycles. The number of nitrogens with one attached hydrogen (secondary N) is 1. The summed E-state index contributed by atoms with van der Waals surface area (Å²) in [5.74, 6) is 0.159. The van der Waals surface area contributed by atoms with Crippen LogP contribution in [0.3, 0.4) is 0 Å². The standard InChI is InChI=1S/C24H20FN7O2/c1-3-34-22-11-6-16(12-26-22)24(33)28-20-14-32-21(27-20)10-9-19(29-32)18-13-31(2)30-23(18)15-4-7-17(25)8-5-15/h4-14H,3H2,1-2H3,(H,28,33). The van der Waals surface area contributed by atoms with Gasteiger partial charge in [-0.25, -0.2) is 18.9 Å². The number of ether oxygens (including phenoxy) is 1. The monoisotopic (exact) mass is 457 g/mol. The van der Waals surface area contributed by atoms with E-state index in [2.05, 4.69) is 25.5 Å². The van der Waals surface area contributed by atoms with Crippen LogP contribution in [0.1, 0.15) is 17.3 Å². The number of anilines is 1. The third kappa shape index (κ3) is 4.20. The van der Waals surface area contributed by atoms with Crippen molar-refractivity contribution in [3.63, 3.8) is 0 Å². The number of benzene rings is 1. The van der Waals surface area contributed by atoms with Crippen molar-refractivity contribution in [3.8, 4) is 28.4 Å². The minimum absolute atomic E-state index is 0.310. The molecule has 1 amide bonds. The van der Waals surface area contributed by atoms with Crippen LogP contribution in [0.25, 0.3) is 28.2 Å². The lowest BCUT2D eigenvalue weighted by molar-refractivity contribution is 0.102. The van der Waals surface area contributed by atoms with Crippen molar-refractivity contribution < 1.29 is 13.9 Å². The molecule has 0 fully saturated rings. The number of pyridine rings is 1. The van der Waals surface area contributed by atoms with Crippen molar-refractivity contribution in [1.29, 1.82) is 0 Å². The van der Waals surface area contributed by atoms with Crippen LogP contribution in [0.4, 0.5) is 10.2 Å². The molecule has 170 valence electrons. The number of carbonyl (C=O) groups is 1. The van der Waals surface area contributed by atoms with E-state index in [9.17, 15) is 9.18 Å². The first-order valence-electron chi connectivity index (χ1n) is 10.6. The molecule has 0 spiro atoms. The third-order valence-electron chi connectivity index (χ3n) is 5.07. The molecule has 0 radical (unpaired) electrons. The van der Waals surface area contributed by atoms with Gasteiger partial charge in [0, 0.05) is 36.6 Å². The van der Waals surface area contributed by atoms with Crippen LogP contribution in [-0.4, -0.2) is 41.9 Å². The summed E-state index contributed by atoms with van der Waals surface area (Å²) < 4.78 is 21.9. The average molecular weight is 457 g/mol. The molecule has 10 heteroatoms. The largest absolute Gasteiger partial charge is 0.478 e. The fraction of sp³-hybridized carbons (Fsp3) is 0.125. The Kier molecular flexibility index (Phi) is 5.46. The summed E-state index contributed by atoms with van der Waals surface area (Å²) in [7, 11) is 1.82. The van der Waals surface area contributed by atoms with Crippen molar-refractivity contribution in [2.75, 3.05) is 11.9 Å². The Hall–Kier alpha value is -4.60. The van der Waals surface area contributed by atoms with Gasteiger partial charge in [0.25, 0.3) is 5.91 Å². The van der Waals surface area contributed by atoms with E-state index in [1.54, 1.807) is 45.7 Å². The number of aryl methyl sites for hydroxylation is 1. The van der Waals surface area contributed by atoms with Gasteiger partial charge in [0.2, 0.25) is 5.88 Å².